The van der Waals surface area contributed by atoms with Gasteiger partial charge in [0.25, 0.3) is 0 Å². The molecule has 5 aromatic rings. The standard InChI is InChI=1S/C37H26F10O2/c1-2-3-4-5-21-16-32(41)35(33(42)17-21)36(43,44)48-26-11-6-22(7-12-26)23-8-13-27(29(38)18-23)24-9-14-28(30(39)19-24)25-10-15-34(31(40)20-25)49-37(45,46)47/h6-20H,2-5H2,1H3. The highest BCUT2D eigenvalue weighted by atomic mass is 19.4. The fourth-order valence-electron chi connectivity index (χ4n) is 5.26. The Kier molecular flexibility index (Phi) is 10.3. The van der Waals surface area contributed by atoms with Crippen LogP contribution in [0.3, 0.4) is 0 Å². The predicted octanol–water partition coefficient (Wildman–Crippen LogP) is 12.1. The van der Waals surface area contributed by atoms with Crippen molar-refractivity contribution in [1.82, 2.24) is 0 Å². The zero-order chi connectivity index (χ0) is 35.5. The molecule has 2 nitrogen and oxygen atoms in total. The lowest BCUT2D eigenvalue weighted by Crippen LogP contribution is -2.25. The molecule has 0 saturated heterocycles. The number of alkyl halides is 5. The van der Waals surface area contributed by atoms with E-state index in [-0.39, 0.29) is 27.8 Å². The minimum Gasteiger partial charge on any atom is -0.429 e. The summed E-state index contributed by atoms with van der Waals surface area (Å²) in [4.78, 5) is 0. The highest BCUT2D eigenvalue weighted by Gasteiger charge is 2.41. The largest absolute Gasteiger partial charge is 0.573 e. The SMILES string of the molecule is CCCCCc1cc(F)c(C(F)(F)Oc2ccc(-c3ccc(-c4ccc(-c5ccc(OC(F)(F)F)c(F)c5)c(F)c4)c(F)c3)cc2)c(F)c1. The minimum atomic E-state index is -5.12. The summed E-state index contributed by atoms with van der Waals surface area (Å²) in [6, 6.07) is 16.6. The Morgan fingerprint density at radius 3 is 1.55 bits per heavy atom. The molecule has 0 radical (unpaired) electrons. The van der Waals surface area contributed by atoms with Crippen molar-refractivity contribution in [3.63, 3.8) is 0 Å². The van der Waals surface area contributed by atoms with E-state index in [9.17, 15) is 35.1 Å². The first-order chi connectivity index (χ1) is 23.1. The Hall–Kier alpha value is -5.00. The van der Waals surface area contributed by atoms with Crippen molar-refractivity contribution < 1.29 is 53.4 Å². The zero-order valence-electron chi connectivity index (χ0n) is 25.6. The summed E-state index contributed by atoms with van der Waals surface area (Å²) in [6.07, 6.45) is -6.75. The maximum atomic E-state index is 15.2. The zero-order valence-corrected chi connectivity index (χ0v) is 25.6. The van der Waals surface area contributed by atoms with Gasteiger partial charge < -0.3 is 9.47 Å². The molecule has 0 aromatic heterocycles. The van der Waals surface area contributed by atoms with Crippen molar-refractivity contribution in [3.8, 4) is 44.9 Å². The van der Waals surface area contributed by atoms with Gasteiger partial charge in [-0.3, -0.25) is 0 Å². The van der Waals surface area contributed by atoms with Crippen LogP contribution in [0.2, 0.25) is 0 Å². The first-order valence-electron chi connectivity index (χ1n) is 15.0. The van der Waals surface area contributed by atoms with Crippen LogP contribution in [0, 0.1) is 29.1 Å². The van der Waals surface area contributed by atoms with Crippen molar-refractivity contribution in [2.45, 2.75) is 45.1 Å². The monoisotopic (exact) mass is 692 g/mol. The molecular formula is C37H26F10O2. The number of ether oxygens (including phenoxy) is 2. The number of halogens is 10. The Bertz CT molecular complexity index is 1930. The van der Waals surface area contributed by atoms with Gasteiger partial charge in [-0.15, -0.1) is 13.2 Å². The predicted molar refractivity (Wildman–Crippen MR) is 163 cm³/mol. The lowest BCUT2D eigenvalue weighted by atomic mass is 9.97. The molecule has 12 heteroatoms. The molecular weight excluding hydrogens is 666 g/mol. The second-order valence-corrected chi connectivity index (χ2v) is 11.1. The number of aryl methyl sites for hydroxylation is 1. The normalized spacial score (nSPS) is 11.9. The topological polar surface area (TPSA) is 18.5 Å². The lowest BCUT2D eigenvalue weighted by molar-refractivity contribution is -0.275. The number of hydrogen-bond donors (Lipinski definition) is 0. The van der Waals surface area contributed by atoms with Gasteiger partial charge in [-0.1, -0.05) is 62.2 Å². The van der Waals surface area contributed by atoms with Gasteiger partial charge in [0.05, 0.1) is 0 Å². The molecule has 0 heterocycles. The van der Waals surface area contributed by atoms with E-state index in [0.717, 1.165) is 55.3 Å². The van der Waals surface area contributed by atoms with Gasteiger partial charge in [0.1, 0.15) is 34.6 Å². The van der Waals surface area contributed by atoms with Crippen LogP contribution in [0.4, 0.5) is 43.9 Å². The molecule has 49 heavy (non-hydrogen) atoms. The van der Waals surface area contributed by atoms with E-state index in [2.05, 4.69) is 9.47 Å². The van der Waals surface area contributed by atoms with Crippen molar-refractivity contribution in [2.75, 3.05) is 0 Å². The van der Waals surface area contributed by atoms with Crippen LogP contribution in [-0.4, -0.2) is 6.36 Å². The molecule has 0 spiro atoms. The Morgan fingerprint density at radius 1 is 0.510 bits per heavy atom. The van der Waals surface area contributed by atoms with E-state index in [4.69, 9.17) is 0 Å². The molecule has 0 atom stereocenters. The fourth-order valence-corrected chi connectivity index (χ4v) is 5.26. The summed E-state index contributed by atoms with van der Waals surface area (Å²) >= 11 is 0. The first kappa shape index (κ1) is 35.3. The average Bonchev–Trinajstić information content (AvgIpc) is 3.01. The highest BCUT2D eigenvalue weighted by Crippen LogP contribution is 2.38. The number of hydrogen-bond acceptors (Lipinski definition) is 2. The summed E-state index contributed by atoms with van der Waals surface area (Å²) < 4.78 is 149. The quantitative estimate of drug-likeness (QED) is 0.101. The van der Waals surface area contributed by atoms with Gasteiger partial charge in [0, 0.05) is 11.1 Å². The van der Waals surface area contributed by atoms with E-state index in [1.807, 2.05) is 6.92 Å². The second kappa shape index (κ2) is 14.2. The highest BCUT2D eigenvalue weighted by molar-refractivity contribution is 5.74. The first-order valence-corrected chi connectivity index (χ1v) is 15.0. The van der Waals surface area contributed by atoms with E-state index in [1.165, 1.54) is 36.4 Å². The smallest absolute Gasteiger partial charge is 0.429 e. The third-order valence-corrected chi connectivity index (χ3v) is 7.61. The van der Waals surface area contributed by atoms with Gasteiger partial charge in [-0.25, -0.2) is 22.0 Å². The number of unbranched alkanes of at least 4 members (excludes halogenated alkanes) is 2. The van der Waals surface area contributed by atoms with Crippen molar-refractivity contribution >= 4 is 0 Å². The van der Waals surface area contributed by atoms with Crippen LogP contribution in [-0.2, 0) is 12.5 Å². The third-order valence-electron chi connectivity index (χ3n) is 7.61. The van der Waals surface area contributed by atoms with Crippen LogP contribution < -0.4 is 9.47 Å². The summed E-state index contributed by atoms with van der Waals surface area (Å²) in [6.45, 7) is 1.96. The molecule has 0 fully saturated rings. The molecule has 0 saturated carbocycles. The number of rotatable bonds is 11. The van der Waals surface area contributed by atoms with Crippen LogP contribution >= 0.6 is 0 Å². The van der Waals surface area contributed by atoms with E-state index < -0.39 is 58.6 Å². The van der Waals surface area contributed by atoms with Crippen LogP contribution in [0.15, 0.2) is 91.0 Å². The minimum absolute atomic E-state index is 0.0191. The molecule has 0 N–H and O–H groups in total. The van der Waals surface area contributed by atoms with E-state index in [0.29, 0.717) is 36.1 Å². The lowest BCUT2D eigenvalue weighted by Gasteiger charge is -2.20. The molecule has 0 unspecified atom stereocenters. The fraction of sp³-hybridized carbons (Fsp3) is 0.189. The molecule has 0 aliphatic rings. The van der Waals surface area contributed by atoms with Crippen molar-refractivity contribution in [2.24, 2.45) is 0 Å². The Balaban J connectivity index is 1.30. The van der Waals surface area contributed by atoms with Crippen molar-refractivity contribution in [1.29, 1.82) is 0 Å². The second-order valence-electron chi connectivity index (χ2n) is 11.1. The molecule has 0 aliphatic heterocycles. The van der Waals surface area contributed by atoms with E-state index in [1.54, 1.807) is 0 Å². The maximum absolute atomic E-state index is 15.2. The van der Waals surface area contributed by atoms with Gasteiger partial charge >= 0.3 is 12.5 Å². The van der Waals surface area contributed by atoms with Crippen molar-refractivity contribution in [3.05, 3.63) is 131 Å². The van der Waals surface area contributed by atoms with Crippen LogP contribution in [0.1, 0.15) is 37.3 Å². The third kappa shape index (κ3) is 8.36. The summed E-state index contributed by atoms with van der Waals surface area (Å²) in [5.41, 5.74) is -0.730. The average molecular weight is 693 g/mol. The molecule has 5 rings (SSSR count). The molecule has 256 valence electrons. The summed E-state index contributed by atoms with van der Waals surface area (Å²) in [5.74, 6) is -7.39. The summed E-state index contributed by atoms with van der Waals surface area (Å²) in [7, 11) is 0. The van der Waals surface area contributed by atoms with Crippen LogP contribution in [0.25, 0.3) is 33.4 Å². The summed E-state index contributed by atoms with van der Waals surface area (Å²) in [5, 5.41) is 0. The molecule has 5 aromatic carbocycles. The molecule has 0 bridgehead atoms. The van der Waals surface area contributed by atoms with Gasteiger partial charge in [0.15, 0.2) is 11.6 Å². The molecule has 0 aliphatic carbocycles. The number of benzene rings is 5. The molecule has 0 amide bonds. The Morgan fingerprint density at radius 2 is 1.02 bits per heavy atom. The van der Waals surface area contributed by atoms with E-state index >= 15 is 8.78 Å². The van der Waals surface area contributed by atoms with Gasteiger partial charge in [-0.05, 0) is 89.2 Å². The van der Waals surface area contributed by atoms with Crippen LogP contribution in [0.5, 0.6) is 11.5 Å². The maximum Gasteiger partial charge on any atom is 0.573 e. The Labute approximate surface area is 274 Å². The van der Waals surface area contributed by atoms with Gasteiger partial charge in [-0.2, -0.15) is 8.78 Å². The van der Waals surface area contributed by atoms with Gasteiger partial charge in [0.2, 0.25) is 0 Å².